The number of benzene rings is 2. The SMILES string of the molecule is CS(=O)(=O)c1ccc(F)c(NC(=O)c2cc(F)c(F)cc2Cl)c1. The largest absolute Gasteiger partial charge is 0.319 e. The van der Waals surface area contributed by atoms with E-state index in [2.05, 4.69) is 5.32 Å². The Hall–Kier alpha value is -2.06. The van der Waals surface area contributed by atoms with Gasteiger partial charge < -0.3 is 5.32 Å². The molecule has 0 aliphatic heterocycles. The van der Waals surface area contributed by atoms with Crippen LogP contribution in [0.2, 0.25) is 5.02 Å². The first kappa shape index (κ1) is 17.3. The number of nitrogens with one attached hydrogen (secondary N) is 1. The van der Waals surface area contributed by atoms with E-state index in [9.17, 15) is 26.4 Å². The molecule has 2 aromatic carbocycles. The van der Waals surface area contributed by atoms with Crippen molar-refractivity contribution in [3.63, 3.8) is 0 Å². The number of anilines is 1. The molecule has 0 aliphatic rings. The van der Waals surface area contributed by atoms with Gasteiger partial charge in [-0.1, -0.05) is 11.6 Å². The van der Waals surface area contributed by atoms with Crippen LogP contribution in [-0.2, 0) is 9.84 Å². The van der Waals surface area contributed by atoms with Crippen LogP contribution in [0.5, 0.6) is 0 Å². The lowest BCUT2D eigenvalue weighted by Crippen LogP contribution is -2.15. The predicted octanol–water partition coefficient (Wildman–Crippen LogP) is 3.41. The van der Waals surface area contributed by atoms with Gasteiger partial charge in [-0.25, -0.2) is 21.6 Å². The van der Waals surface area contributed by atoms with E-state index in [1.54, 1.807) is 0 Å². The fraction of sp³-hybridized carbons (Fsp3) is 0.0714. The summed E-state index contributed by atoms with van der Waals surface area (Å²) >= 11 is 5.65. The Kier molecular flexibility index (Phi) is 4.67. The van der Waals surface area contributed by atoms with Crippen LogP contribution in [0.15, 0.2) is 35.2 Å². The van der Waals surface area contributed by atoms with Gasteiger partial charge in [-0.05, 0) is 30.3 Å². The molecule has 4 nitrogen and oxygen atoms in total. The summed E-state index contributed by atoms with van der Waals surface area (Å²) in [7, 11) is -3.62. The summed E-state index contributed by atoms with van der Waals surface area (Å²) in [6.07, 6.45) is 0.915. The fourth-order valence-electron chi connectivity index (χ4n) is 1.72. The van der Waals surface area contributed by atoms with Crippen LogP contribution < -0.4 is 5.32 Å². The van der Waals surface area contributed by atoms with Crippen LogP contribution >= 0.6 is 11.6 Å². The van der Waals surface area contributed by atoms with E-state index in [1.807, 2.05) is 0 Å². The second kappa shape index (κ2) is 6.21. The molecule has 2 aromatic rings. The van der Waals surface area contributed by atoms with E-state index in [1.165, 1.54) is 0 Å². The van der Waals surface area contributed by atoms with Crippen molar-refractivity contribution < 1.29 is 26.4 Å². The molecule has 0 aliphatic carbocycles. The Balaban J connectivity index is 2.40. The average Bonchev–Trinajstić information content (AvgIpc) is 2.43. The molecule has 0 spiro atoms. The molecule has 0 heterocycles. The Morgan fingerprint density at radius 2 is 1.65 bits per heavy atom. The molecule has 0 atom stereocenters. The van der Waals surface area contributed by atoms with Crippen molar-refractivity contribution in [3.05, 3.63) is 58.4 Å². The Morgan fingerprint density at radius 1 is 1.04 bits per heavy atom. The molecule has 0 aromatic heterocycles. The number of rotatable bonds is 3. The minimum absolute atomic E-state index is 0.217. The lowest BCUT2D eigenvalue weighted by atomic mass is 10.2. The van der Waals surface area contributed by atoms with Gasteiger partial charge in [0.25, 0.3) is 5.91 Å². The monoisotopic (exact) mass is 363 g/mol. The zero-order valence-electron chi connectivity index (χ0n) is 11.5. The highest BCUT2D eigenvalue weighted by molar-refractivity contribution is 7.90. The summed E-state index contributed by atoms with van der Waals surface area (Å²) in [6.45, 7) is 0. The van der Waals surface area contributed by atoms with E-state index < -0.39 is 44.4 Å². The zero-order chi connectivity index (χ0) is 17.4. The minimum Gasteiger partial charge on any atom is -0.319 e. The fourth-order valence-corrected chi connectivity index (χ4v) is 2.60. The lowest BCUT2D eigenvalue weighted by molar-refractivity contribution is 0.102. The maximum atomic E-state index is 13.7. The summed E-state index contributed by atoms with van der Waals surface area (Å²) in [6, 6.07) is 3.97. The number of sulfone groups is 1. The van der Waals surface area contributed by atoms with Crippen LogP contribution in [0.25, 0.3) is 0 Å². The molecule has 122 valence electrons. The molecule has 1 amide bonds. The highest BCUT2D eigenvalue weighted by atomic mass is 35.5. The van der Waals surface area contributed by atoms with Crippen LogP contribution in [0.3, 0.4) is 0 Å². The zero-order valence-corrected chi connectivity index (χ0v) is 13.1. The van der Waals surface area contributed by atoms with E-state index in [0.29, 0.717) is 12.1 Å². The van der Waals surface area contributed by atoms with Gasteiger partial charge in [0.05, 0.1) is 21.2 Å². The first-order valence-electron chi connectivity index (χ1n) is 6.05. The second-order valence-electron chi connectivity index (χ2n) is 4.61. The molecule has 0 fully saturated rings. The molecular weight excluding hydrogens is 355 g/mol. The Morgan fingerprint density at radius 3 is 2.26 bits per heavy atom. The highest BCUT2D eigenvalue weighted by Crippen LogP contribution is 2.24. The van der Waals surface area contributed by atoms with Gasteiger partial charge in [-0.3, -0.25) is 4.79 Å². The van der Waals surface area contributed by atoms with Crippen LogP contribution in [0.4, 0.5) is 18.9 Å². The number of halogens is 4. The molecule has 9 heteroatoms. The van der Waals surface area contributed by atoms with Gasteiger partial charge in [0.1, 0.15) is 5.82 Å². The summed E-state index contributed by atoms with van der Waals surface area (Å²) in [5.41, 5.74) is -0.853. The van der Waals surface area contributed by atoms with Crippen LogP contribution in [-0.4, -0.2) is 20.6 Å². The molecule has 2 rings (SSSR count). The van der Waals surface area contributed by atoms with Gasteiger partial charge in [0, 0.05) is 6.26 Å². The molecule has 0 saturated carbocycles. The quantitative estimate of drug-likeness (QED) is 0.671. The Bertz CT molecular complexity index is 900. The van der Waals surface area contributed by atoms with Crippen molar-refractivity contribution in [1.29, 1.82) is 0 Å². The number of hydrogen-bond acceptors (Lipinski definition) is 3. The summed E-state index contributed by atoms with van der Waals surface area (Å²) in [5, 5.41) is 1.70. The van der Waals surface area contributed by atoms with E-state index in [4.69, 9.17) is 11.6 Å². The van der Waals surface area contributed by atoms with Gasteiger partial charge in [-0.15, -0.1) is 0 Å². The maximum absolute atomic E-state index is 13.7. The van der Waals surface area contributed by atoms with Crippen molar-refractivity contribution in [2.45, 2.75) is 4.90 Å². The molecule has 0 bridgehead atoms. The molecule has 0 saturated heterocycles. The smallest absolute Gasteiger partial charge is 0.257 e. The van der Waals surface area contributed by atoms with Gasteiger partial charge in [-0.2, -0.15) is 0 Å². The van der Waals surface area contributed by atoms with Gasteiger partial charge >= 0.3 is 0 Å². The first-order chi connectivity index (χ1) is 10.6. The third-order valence-electron chi connectivity index (χ3n) is 2.87. The molecule has 0 unspecified atom stereocenters. The lowest BCUT2D eigenvalue weighted by Gasteiger charge is -2.09. The van der Waals surface area contributed by atoms with Gasteiger partial charge in [0.15, 0.2) is 21.5 Å². The van der Waals surface area contributed by atoms with E-state index >= 15 is 0 Å². The van der Waals surface area contributed by atoms with Crippen LogP contribution in [0.1, 0.15) is 10.4 Å². The predicted molar refractivity (Wildman–Crippen MR) is 78.8 cm³/mol. The van der Waals surface area contributed by atoms with Crippen molar-refractivity contribution in [2.75, 3.05) is 11.6 Å². The van der Waals surface area contributed by atoms with E-state index in [0.717, 1.165) is 24.5 Å². The highest BCUT2D eigenvalue weighted by Gasteiger charge is 2.18. The summed E-state index contributed by atoms with van der Waals surface area (Å²) in [5.74, 6) is -4.45. The summed E-state index contributed by atoms with van der Waals surface area (Å²) in [4.78, 5) is 11.8. The molecule has 1 N–H and O–H groups in total. The third-order valence-corrected chi connectivity index (χ3v) is 4.29. The normalized spacial score (nSPS) is 11.3. The number of carbonyl (C=O) groups is 1. The van der Waals surface area contributed by atoms with Crippen molar-refractivity contribution in [1.82, 2.24) is 0 Å². The van der Waals surface area contributed by atoms with Crippen molar-refractivity contribution in [2.24, 2.45) is 0 Å². The topological polar surface area (TPSA) is 63.2 Å². The second-order valence-corrected chi connectivity index (χ2v) is 7.04. The Labute approximate surface area is 134 Å². The number of amides is 1. The number of hydrogen-bond donors (Lipinski definition) is 1. The van der Waals surface area contributed by atoms with Crippen molar-refractivity contribution in [3.8, 4) is 0 Å². The van der Waals surface area contributed by atoms with Gasteiger partial charge in [0.2, 0.25) is 0 Å². The number of carbonyl (C=O) groups excluding carboxylic acids is 1. The summed E-state index contributed by atoms with van der Waals surface area (Å²) < 4.78 is 62.8. The van der Waals surface area contributed by atoms with Crippen molar-refractivity contribution >= 4 is 33.0 Å². The molecular formula is C14H9ClF3NO3S. The third kappa shape index (κ3) is 3.83. The minimum atomic E-state index is -3.62. The average molecular weight is 364 g/mol. The first-order valence-corrected chi connectivity index (χ1v) is 8.32. The van der Waals surface area contributed by atoms with E-state index in [-0.39, 0.29) is 9.92 Å². The van der Waals surface area contributed by atoms with Crippen LogP contribution in [0, 0.1) is 17.5 Å². The molecule has 23 heavy (non-hydrogen) atoms. The maximum Gasteiger partial charge on any atom is 0.257 e. The molecule has 0 radical (unpaired) electrons. The standard InChI is InChI=1S/C14H9ClF3NO3S/c1-23(21,22)7-2-3-10(16)13(4-7)19-14(20)8-5-11(17)12(18)6-9(8)15/h2-6H,1H3,(H,19,20).